The van der Waals surface area contributed by atoms with E-state index >= 15 is 0 Å². The van der Waals surface area contributed by atoms with Crippen LogP contribution in [0.5, 0.6) is 11.5 Å². The lowest BCUT2D eigenvalue weighted by atomic mass is 10.1. The molecule has 14 heteroatoms. The van der Waals surface area contributed by atoms with Gasteiger partial charge in [0.05, 0.1) is 14.8 Å². The molecule has 0 aromatic heterocycles. The number of nitro groups is 1. The van der Waals surface area contributed by atoms with E-state index in [9.17, 15) is 40.5 Å². The molecule has 174 valence electrons. The Bertz CT molecular complexity index is 1330. The summed E-state index contributed by atoms with van der Waals surface area (Å²) in [6.07, 6.45) is -5.01. The number of alkyl halides is 3. The van der Waals surface area contributed by atoms with E-state index in [0.29, 0.717) is 6.07 Å². The van der Waals surface area contributed by atoms with E-state index in [0.717, 1.165) is 42.5 Å². The SMILES string of the molecule is O=[N+]([O-])c1ccc(Oc2ccc(S(=O)(=O)Nc3c(F)cccc3F)cc2Cl)c(C(F)(F)F)c1. The van der Waals surface area contributed by atoms with Crippen LogP contribution < -0.4 is 9.46 Å². The molecule has 3 aromatic carbocycles. The van der Waals surface area contributed by atoms with Gasteiger partial charge in [-0.3, -0.25) is 14.8 Å². The number of ether oxygens (including phenoxy) is 1. The van der Waals surface area contributed by atoms with Crippen molar-refractivity contribution < 1.29 is 40.0 Å². The third-order valence-electron chi connectivity index (χ3n) is 4.11. The fourth-order valence-electron chi connectivity index (χ4n) is 2.58. The number of anilines is 1. The molecule has 7 nitrogen and oxygen atoms in total. The standard InChI is InChI=1S/C19H10ClF5N2O5S/c20-13-9-11(33(30,31)26-18-14(21)2-1-3-15(18)22)5-7-17(13)32-16-6-4-10(27(28)29)8-12(16)19(23,24)25/h1-9,26H. The van der Waals surface area contributed by atoms with Crippen LogP contribution in [0, 0.1) is 21.7 Å². The van der Waals surface area contributed by atoms with Crippen LogP contribution in [0.1, 0.15) is 5.56 Å². The third kappa shape index (κ3) is 5.31. The lowest BCUT2D eigenvalue weighted by molar-refractivity contribution is -0.385. The van der Waals surface area contributed by atoms with Crippen molar-refractivity contribution in [2.24, 2.45) is 0 Å². The van der Waals surface area contributed by atoms with Crippen molar-refractivity contribution in [3.05, 3.63) is 86.9 Å². The van der Waals surface area contributed by atoms with Gasteiger partial charge in [0.15, 0.2) is 0 Å². The van der Waals surface area contributed by atoms with Gasteiger partial charge in [-0.15, -0.1) is 0 Å². The number of rotatable bonds is 6. The minimum absolute atomic E-state index is 0.273. The van der Waals surface area contributed by atoms with Crippen molar-refractivity contribution >= 4 is 33.0 Å². The summed E-state index contributed by atoms with van der Waals surface area (Å²) in [5, 5.41) is 10.3. The van der Waals surface area contributed by atoms with Crippen molar-refractivity contribution in [3.63, 3.8) is 0 Å². The lowest BCUT2D eigenvalue weighted by Gasteiger charge is -2.15. The zero-order valence-electron chi connectivity index (χ0n) is 15.9. The summed E-state index contributed by atoms with van der Waals surface area (Å²) in [6.45, 7) is 0. The highest BCUT2D eigenvalue weighted by molar-refractivity contribution is 7.92. The number of non-ortho nitro benzene ring substituents is 1. The van der Waals surface area contributed by atoms with Crippen LogP contribution in [0.3, 0.4) is 0 Å². The van der Waals surface area contributed by atoms with E-state index in [1.54, 1.807) is 4.72 Å². The molecule has 0 spiro atoms. The summed E-state index contributed by atoms with van der Waals surface area (Å²) >= 11 is 5.94. The Morgan fingerprint density at radius 2 is 1.58 bits per heavy atom. The van der Waals surface area contributed by atoms with Gasteiger partial charge < -0.3 is 4.74 Å². The molecule has 0 heterocycles. The van der Waals surface area contributed by atoms with Crippen molar-refractivity contribution in [1.82, 2.24) is 0 Å². The predicted molar refractivity (Wildman–Crippen MR) is 107 cm³/mol. The van der Waals surface area contributed by atoms with Crippen LogP contribution >= 0.6 is 11.6 Å². The number of nitro benzene ring substituents is 1. The Labute approximate surface area is 187 Å². The number of para-hydroxylation sites is 1. The maximum absolute atomic E-state index is 13.7. The van der Waals surface area contributed by atoms with Crippen molar-refractivity contribution in [2.45, 2.75) is 11.1 Å². The lowest BCUT2D eigenvalue weighted by Crippen LogP contribution is -2.15. The predicted octanol–water partition coefficient (Wildman–Crippen LogP) is 6.14. The van der Waals surface area contributed by atoms with Gasteiger partial charge in [-0.25, -0.2) is 17.2 Å². The Morgan fingerprint density at radius 3 is 2.12 bits per heavy atom. The molecule has 0 fully saturated rings. The van der Waals surface area contributed by atoms with Crippen LogP contribution in [0.2, 0.25) is 5.02 Å². The molecular formula is C19H10ClF5N2O5S. The fraction of sp³-hybridized carbons (Fsp3) is 0.0526. The molecule has 0 aliphatic rings. The van der Waals surface area contributed by atoms with Crippen LogP contribution in [-0.2, 0) is 16.2 Å². The topological polar surface area (TPSA) is 98.5 Å². The average Bonchev–Trinajstić information content (AvgIpc) is 2.71. The summed E-state index contributed by atoms with van der Waals surface area (Å²) in [6, 6.07) is 7.02. The van der Waals surface area contributed by atoms with Crippen molar-refractivity contribution in [2.75, 3.05) is 4.72 Å². The summed E-state index contributed by atoms with van der Waals surface area (Å²) in [4.78, 5) is 9.19. The maximum Gasteiger partial charge on any atom is 0.420 e. The average molecular weight is 509 g/mol. The summed E-state index contributed by atoms with van der Waals surface area (Å²) in [7, 11) is -4.54. The molecule has 0 atom stereocenters. The monoisotopic (exact) mass is 508 g/mol. The summed E-state index contributed by atoms with van der Waals surface area (Å²) < 4.78 is 99.2. The van der Waals surface area contributed by atoms with Crippen molar-refractivity contribution in [1.29, 1.82) is 0 Å². The highest BCUT2D eigenvalue weighted by Crippen LogP contribution is 2.41. The second kappa shape index (κ2) is 8.83. The fourth-order valence-corrected chi connectivity index (χ4v) is 3.97. The van der Waals surface area contributed by atoms with Gasteiger partial charge in [-0.2, -0.15) is 13.2 Å². The second-order valence-corrected chi connectivity index (χ2v) is 8.42. The van der Waals surface area contributed by atoms with E-state index in [1.807, 2.05) is 0 Å². The molecule has 0 unspecified atom stereocenters. The smallest absolute Gasteiger partial charge is 0.420 e. The number of nitrogens with zero attached hydrogens (tertiary/aromatic N) is 1. The zero-order valence-corrected chi connectivity index (χ0v) is 17.4. The van der Waals surface area contributed by atoms with Crippen molar-refractivity contribution in [3.8, 4) is 11.5 Å². The summed E-state index contributed by atoms with van der Waals surface area (Å²) in [5.41, 5.74) is -3.22. The maximum atomic E-state index is 13.7. The molecule has 3 aromatic rings. The molecule has 0 bridgehead atoms. The Morgan fingerprint density at radius 1 is 0.970 bits per heavy atom. The Kier molecular flexibility index (Phi) is 6.47. The normalized spacial score (nSPS) is 11.8. The van der Waals surface area contributed by atoms with E-state index in [4.69, 9.17) is 16.3 Å². The van der Waals surface area contributed by atoms with Crippen LogP contribution in [0.15, 0.2) is 59.5 Å². The highest BCUT2D eigenvalue weighted by Gasteiger charge is 2.36. The number of halogens is 6. The molecule has 0 saturated heterocycles. The summed E-state index contributed by atoms with van der Waals surface area (Å²) in [5.74, 6) is -3.59. The number of nitrogens with one attached hydrogen (secondary N) is 1. The molecule has 0 radical (unpaired) electrons. The molecule has 0 aliphatic carbocycles. The molecule has 1 N–H and O–H groups in total. The highest BCUT2D eigenvalue weighted by atomic mass is 35.5. The number of hydrogen-bond acceptors (Lipinski definition) is 5. The molecular weight excluding hydrogens is 499 g/mol. The van der Waals surface area contributed by atoms with E-state index in [-0.39, 0.29) is 6.07 Å². The van der Waals surface area contributed by atoms with Gasteiger partial charge >= 0.3 is 6.18 Å². The quantitative estimate of drug-likeness (QED) is 0.245. The first-order chi connectivity index (χ1) is 15.3. The number of benzene rings is 3. The minimum Gasteiger partial charge on any atom is -0.455 e. The van der Waals surface area contributed by atoms with Crippen LogP contribution in [-0.4, -0.2) is 13.3 Å². The van der Waals surface area contributed by atoms with Crippen LogP contribution in [0.25, 0.3) is 0 Å². The first kappa shape index (κ1) is 24.2. The van der Waals surface area contributed by atoms with E-state index in [2.05, 4.69) is 0 Å². The largest absolute Gasteiger partial charge is 0.455 e. The molecule has 0 aliphatic heterocycles. The van der Waals surface area contributed by atoms with Gasteiger partial charge in [-0.05, 0) is 36.4 Å². The first-order valence-corrected chi connectivity index (χ1v) is 10.5. The van der Waals surface area contributed by atoms with E-state index < -0.39 is 71.1 Å². The molecule has 0 saturated carbocycles. The molecule has 0 amide bonds. The third-order valence-corrected chi connectivity index (χ3v) is 5.75. The Balaban J connectivity index is 1.94. The van der Waals surface area contributed by atoms with Gasteiger partial charge in [0.1, 0.15) is 34.4 Å². The first-order valence-electron chi connectivity index (χ1n) is 8.59. The minimum atomic E-state index is -5.01. The number of sulfonamides is 1. The number of hydrogen-bond donors (Lipinski definition) is 1. The van der Waals surface area contributed by atoms with Gasteiger partial charge in [-0.1, -0.05) is 17.7 Å². The van der Waals surface area contributed by atoms with Gasteiger partial charge in [0, 0.05) is 12.1 Å². The molecule has 33 heavy (non-hydrogen) atoms. The Hall–Kier alpha value is -3.45. The molecule has 3 rings (SSSR count). The van der Waals surface area contributed by atoms with Gasteiger partial charge in [0.25, 0.3) is 15.7 Å². The van der Waals surface area contributed by atoms with E-state index in [1.165, 1.54) is 0 Å². The zero-order chi connectivity index (χ0) is 24.6. The van der Waals surface area contributed by atoms with Crippen LogP contribution in [0.4, 0.5) is 33.3 Å². The second-order valence-electron chi connectivity index (χ2n) is 6.33. The van der Waals surface area contributed by atoms with Gasteiger partial charge in [0.2, 0.25) is 0 Å².